The molecule has 5 heteroatoms. The molecule has 1 aromatic heterocycles. The lowest BCUT2D eigenvalue weighted by atomic mass is 10.1. The molecule has 0 aliphatic heterocycles. The molecule has 0 spiro atoms. The fraction of sp³-hybridized carbons (Fsp3) is 0.200. The minimum Gasteiger partial charge on any atom is -0.497 e. The van der Waals surface area contributed by atoms with E-state index in [9.17, 15) is 0 Å². The highest BCUT2D eigenvalue weighted by atomic mass is 16.5. The van der Waals surface area contributed by atoms with Gasteiger partial charge in [-0.05, 0) is 36.2 Å². The number of rotatable bonds is 5. The van der Waals surface area contributed by atoms with E-state index in [1.165, 1.54) is 0 Å². The molecule has 0 saturated heterocycles. The van der Waals surface area contributed by atoms with E-state index in [2.05, 4.69) is 4.98 Å². The zero-order valence-corrected chi connectivity index (χ0v) is 11.5. The highest BCUT2D eigenvalue weighted by Crippen LogP contribution is 2.20. The monoisotopic (exact) mass is 271 g/mol. The maximum atomic E-state index is 7.60. The lowest BCUT2D eigenvalue weighted by Crippen LogP contribution is -2.15. The smallest absolute Gasteiger partial charge is 0.225 e. The van der Waals surface area contributed by atoms with Crippen LogP contribution in [-0.2, 0) is 6.61 Å². The first-order valence-corrected chi connectivity index (χ1v) is 6.17. The van der Waals surface area contributed by atoms with Gasteiger partial charge in [0.15, 0.2) is 0 Å². The standard InChI is InChI=1S/C15H17N3O2/c1-10-6-7-18-15(13(10)14(16)17)20-9-11-4-3-5-12(8-11)19-2/h3-8H,9H2,1-2H3,(H3,16,17). The second-order valence-corrected chi connectivity index (χ2v) is 4.36. The van der Waals surface area contributed by atoms with Crippen molar-refractivity contribution in [2.75, 3.05) is 7.11 Å². The average molecular weight is 271 g/mol. The Hall–Kier alpha value is -2.56. The molecule has 0 fully saturated rings. The summed E-state index contributed by atoms with van der Waals surface area (Å²) in [5.41, 5.74) is 7.94. The predicted octanol–water partition coefficient (Wildman–Crippen LogP) is 2.26. The Kier molecular flexibility index (Phi) is 4.20. The maximum absolute atomic E-state index is 7.60. The van der Waals surface area contributed by atoms with Crippen LogP contribution in [0.3, 0.4) is 0 Å². The number of aryl methyl sites for hydroxylation is 1. The number of benzene rings is 1. The van der Waals surface area contributed by atoms with Crippen LogP contribution < -0.4 is 15.2 Å². The van der Waals surface area contributed by atoms with Crippen molar-refractivity contribution in [3.63, 3.8) is 0 Å². The van der Waals surface area contributed by atoms with Crippen molar-refractivity contribution >= 4 is 5.84 Å². The van der Waals surface area contributed by atoms with Gasteiger partial charge in [0, 0.05) is 6.20 Å². The fourth-order valence-electron chi connectivity index (χ4n) is 1.88. The van der Waals surface area contributed by atoms with Crippen molar-refractivity contribution in [3.05, 3.63) is 53.2 Å². The number of nitrogens with one attached hydrogen (secondary N) is 1. The van der Waals surface area contributed by atoms with Gasteiger partial charge in [-0.25, -0.2) is 4.98 Å². The number of pyridine rings is 1. The van der Waals surface area contributed by atoms with Gasteiger partial charge in [0.05, 0.1) is 12.7 Å². The highest BCUT2D eigenvalue weighted by Gasteiger charge is 2.11. The number of nitrogens with zero attached hydrogens (tertiary/aromatic N) is 1. The van der Waals surface area contributed by atoms with Crippen LogP contribution in [0.25, 0.3) is 0 Å². The van der Waals surface area contributed by atoms with E-state index in [1.54, 1.807) is 19.4 Å². The molecule has 104 valence electrons. The largest absolute Gasteiger partial charge is 0.497 e. The molecule has 1 heterocycles. The summed E-state index contributed by atoms with van der Waals surface area (Å²) in [4.78, 5) is 4.14. The molecule has 2 rings (SSSR count). The van der Waals surface area contributed by atoms with Crippen LogP contribution in [-0.4, -0.2) is 17.9 Å². The molecule has 0 aliphatic carbocycles. The van der Waals surface area contributed by atoms with Crippen LogP contribution in [0.4, 0.5) is 0 Å². The number of amidine groups is 1. The van der Waals surface area contributed by atoms with Crippen LogP contribution in [0, 0.1) is 12.3 Å². The van der Waals surface area contributed by atoms with Crippen LogP contribution >= 0.6 is 0 Å². The Labute approximate surface area is 117 Å². The van der Waals surface area contributed by atoms with Gasteiger partial charge in [0.25, 0.3) is 0 Å². The van der Waals surface area contributed by atoms with Gasteiger partial charge in [0.2, 0.25) is 5.88 Å². The van der Waals surface area contributed by atoms with E-state index in [4.69, 9.17) is 20.6 Å². The SMILES string of the molecule is COc1cccc(COc2nccc(C)c2C(=N)N)c1. The topological polar surface area (TPSA) is 81.2 Å². The van der Waals surface area contributed by atoms with Crippen molar-refractivity contribution < 1.29 is 9.47 Å². The Morgan fingerprint density at radius 1 is 1.35 bits per heavy atom. The predicted molar refractivity (Wildman–Crippen MR) is 77.3 cm³/mol. The van der Waals surface area contributed by atoms with Crippen LogP contribution in [0.2, 0.25) is 0 Å². The molecular formula is C15H17N3O2. The van der Waals surface area contributed by atoms with Gasteiger partial charge in [-0.2, -0.15) is 0 Å². The van der Waals surface area contributed by atoms with Crippen molar-refractivity contribution in [2.24, 2.45) is 5.73 Å². The first-order chi connectivity index (χ1) is 9.61. The van der Waals surface area contributed by atoms with Crippen LogP contribution in [0.5, 0.6) is 11.6 Å². The first-order valence-electron chi connectivity index (χ1n) is 6.17. The molecule has 0 atom stereocenters. The average Bonchev–Trinajstić information content (AvgIpc) is 2.45. The van der Waals surface area contributed by atoms with E-state index in [1.807, 2.05) is 31.2 Å². The van der Waals surface area contributed by atoms with Gasteiger partial charge >= 0.3 is 0 Å². The van der Waals surface area contributed by atoms with Crippen molar-refractivity contribution in [1.82, 2.24) is 4.98 Å². The molecule has 2 aromatic rings. The molecule has 0 radical (unpaired) electrons. The van der Waals surface area contributed by atoms with E-state index in [0.29, 0.717) is 18.1 Å². The van der Waals surface area contributed by atoms with Crippen molar-refractivity contribution in [2.45, 2.75) is 13.5 Å². The molecule has 0 bridgehead atoms. The van der Waals surface area contributed by atoms with Gasteiger partial charge in [-0.15, -0.1) is 0 Å². The normalized spacial score (nSPS) is 10.1. The molecule has 3 N–H and O–H groups in total. The van der Waals surface area contributed by atoms with Gasteiger partial charge in [-0.1, -0.05) is 12.1 Å². The lowest BCUT2D eigenvalue weighted by molar-refractivity contribution is 0.292. The number of aromatic nitrogens is 1. The van der Waals surface area contributed by atoms with Gasteiger partial charge < -0.3 is 15.2 Å². The Bertz CT molecular complexity index is 626. The van der Waals surface area contributed by atoms with Crippen LogP contribution in [0.1, 0.15) is 16.7 Å². The molecule has 5 nitrogen and oxygen atoms in total. The van der Waals surface area contributed by atoms with Gasteiger partial charge in [0.1, 0.15) is 18.2 Å². The molecule has 20 heavy (non-hydrogen) atoms. The highest BCUT2D eigenvalue weighted by molar-refractivity contribution is 5.98. The number of ether oxygens (including phenoxy) is 2. The number of methoxy groups -OCH3 is 1. The van der Waals surface area contributed by atoms with Crippen LogP contribution in [0.15, 0.2) is 36.5 Å². The summed E-state index contributed by atoms with van der Waals surface area (Å²) in [7, 11) is 1.62. The molecule has 0 aliphatic rings. The zero-order valence-electron chi connectivity index (χ0n) is 11.5. The number of nitrogens with two attached hydrogens (primary N) is 1. The summed E-state index contributed by atoms with van der Waals surface area (Å²) in [5.74, 6) is 1.10. The Morgan fingerprint density at radius 3 is 2.85 bits per heavy atom. The fourth-order valence-corrected chi connectivity index (χ4v) is 1.88. The summed E-state index contributed by atoms with van der Waals surface area (Å²) >= 11 is 0. The van der Waals surface area contributed by atoms with E-state index < -0.39 is 0 Å². The lowest BCUT2D eigenvalue weighted by Gasteiger charge is -2.12. The maximum Gasteiger partial charge on any atom is 0.225 e. The molecule has 0 saturated carbocycles. The second-order valence-electron chi connectivity index (χ2n) is 4.36. The second kappa shape index (κ2) is 6.06. The Morgan fingerprint density at radius 2 is 2.15 bits per heavy atom. The van der Waals surface area contributed by atoms with Crippen molar-refractivity contribution in [3.8, 4) is 11.6 Å². The summed E-state index contributed by atoms with van der Waals surface area (Å²) in [6.45, 7) is 2.21. The van der Waals surface area contributed by atoms with E-state index in [-0.39, 0.29) is 5.84 Å². The molecular weight excluding hydrogens is 254 g/mol. The Balaban J connectivity index is 2.18. The van der Waals surface area contributed by atoms with E-state index >= 15 is 0 Å². The summed E-state index contributed by atoms with van der Waals surface area (Å²) in [6.07, 6.45) is 1.64. The third kappa shape index (κ3) is 3.06. The minimum atomic E-state index is -0.0451. The summed E-state index contributed by atoms with van der Waals surface area (Å²) in [6, 6.07) is 9.40. The number of hydrogen-bond donors (Lipinski definition) is 2. The van der Waals surface area contributed by atoms with E-state index in [0.717, 1.165) is 16.9 Å². The number of nitrogen functional groups attached to an aromatic ring is 1. The van der Waals surface area contributed by atoms with Gasteiger partial charge in [-0.3, -0.25) is 5.41 Å². The molecule has 1 aromatic carbocycles. The zero-order chi connectivity index (χ0) is 14.5. The number of hydrogen-bond acceptors (Lipinski definition) is 4. The first kappa shape index (κ1) is 13.9. The third-order valence-corrected chi connectivity index (χ3v) is 2.90. The quantitative estimate of drug-likeness (QED) is 0.645. The third-order valence-electron chi connectivity index (χ3n) is 2.90. The molecule has 0 amide bonds. The van der Waals surface area contributed by atoms with Crippen molar-refractivity contribution in [1.29, 1.82) is 5.41 Å². The summed E-state index contributed by atoms with van der Waals surface area (Å²) < 4.78 is 10.8. The minimum absolute atomic E-state index is 0.0451. The molecule has 0 unspecified atom stereocenters. The summed E-state index contributed by atoms with van der Waals surface area (Å²) in [5, 5.41) is 7.60.